The number of nitrogens with zero attached hydrogens (tertiary/aromatic N) is 2. The second-order valence-electron chi connectivity index (χ2n) is 3.83. The molecule has 0 bridgehead atoms. The molecule has 0 aromatic heterocycles. The summed E-state index contributed by atoms with van der Waals surface area (Å²) in [5.74, 6) is -0.599. The van der Waals surface area contributed by atoms with Gasteiger partial charge in [-0.3, -0.25) is 9.69 Å². The number of anilines is 1. The Morgan fingerprint density at radius 3 is 2.72 bits per heavy atom. The first-order chi connectivity index (χ1) is 8.47. The second-order valence-corrected chi connectivity index (χ2v) is 4.27. The van der Waals surface area contributed by atoms with Gasteiger partial charge in [0.2, 0.25) is 0 Å². The van der Waals surface area contributed by atoms with Crippen molar-refractivity contribution in [1.82, 2.24) is 0 Å². The zero-order valence-corrected chi connectivity index (χ0v) is 10.3. The number of carbonyl (C=O) groups is 1. The minimum absolute atomic E-state index is 0.0272. The number of amides is 1. The van der Waals surface area contributed by atoms with Gasteiger partial charge in [0.15, 0.2) is 0 Å². The Hall–Kier alpha value is -2.25. The molecule has 90 valence electrons. The Kier molecular flexibility index (Phi) is 2.85. The van der Waals surface area contributed by atoms with Crippen LogP contribution in [0.3, 0.4) is 0 Å². The Morgan fingerprint density at radius 2 is 2.17 bits per heavy atom. The Labute approximate surface area is 109 Å². The summed E-state index contributed by atoms with van der Waals surface area (Å²) in [7, 11) is 0. The highest BCUT2D eigenvalue weighted by molar-refractivity contribution is 6.31. The number of hydrogen-bond donors (Lipinski definition) is 1. The maximum Gasteiger partial charge on any atom is 0.273 e. The summed E-state index contributed by atoms with van der Waals surface area (Å²) in [6, 6.07) is 6.19. The molecule has 2 rings (SSSR count). The van der Waals surface area contributed by atoms with Gasteiger partial charge in [0.25, 0.3) is 5.91 Å². The molecule has 1 aliphatic heterocycles. The Morgan fingerprint density at radius 1 is 1.50 bits per heavy atom. The smallest absolute Gasteiger partial charge is 0.273 e. The number of aromatic hydroxyl groups is 1. The minimum Gasteiger partial charge on any atom is -0.506 e. The minimum atomic E-state index is -0.502. The normalized spacial score (nSPS) is 15.3. The van der Waals surface area contributed by atoms with Crippen molar-refractivity contribution in [3.05, 3.63) is 46.6 Å². The first kappa shape index (κ1) is 12.2. The topological polar surface area (TPSA) is 64.3 Å². The van der Waals surface area contributed by atoms with Crippen LogP contribution in [0.1, 0.15) is 6.92 Å². The maximum atomic E-state index is 12.1. The van der Waals surface area contributed by atoms with Crippen molar-refractivity contribution < 1.29 is 9.90 Å². The van der Waals surface area contributed by atoms with Crippen LogP contribution in [0.25, 0.3) is 0 Å². The number of nitriles is 1. The van der Waals surface area contributed by atoms with Crippen LogP contribution in [0.2, 0.25) is 5.02 Å². The van der Waals surface area contributed by atoms with Crippen molar-refractivity contribution in [2.24, 2.45) is 0 Å². The third kappa shape index (κ3) is 1.66. The highest BCUT2D eigenvalue weighted by Gasteiger charge is 2.34. The summed E-state index contributed by atoms with van der Waals surface area (Å²) < 4.78 is 0. The van der Waals surface area contributed by atoms with E-state index in [2.05, 4.69) is 6.58 Å². The van der Waals surface area contributed by atoms with Crippen molar-refractivity contribution >= 4 is 23.2 Å². The number of carbonyl (C=O) groups excluding carboxylic acids is 1. The molecule has 0 atom stereocenters. The standard InChI is InChI=1S/C13H9ClN2O2/c1-7-8(2)16(13(18)10(7)6-15)11-5-9(14)3-4-12(11)17/h3-5,17H,2H2,1H3. The van der Waals surface area contributed by atoms with Crippen molar-refractivity contribution in [3.63, 3.8) is 0 Å². The molecule has 0 fully saturated rings. The fourth-order valence-electron chi connectivity index (χ4n) is 1.77. The molecule has 5 heteroatoms. The lowest BCUT2D eigenvalue weighted by Gasteiger charge is -2.19. The lowest BCUT2D eigenvalue weighted by atomic mass is 10.2. The summed E-state index contributed by atoms with van der Waals surface area (Å²) in [4.78, 5) is 13.2. The van der Waals surface area contributed by atoms with E-state index in [9.17, 15) is 9.90 Å². The number of rotatable bonds is 1. The Bertz CT molecular complexity index is 641. The average molecular weight is 261 g/mol. The maximum absolute atomic E-state index is 12.1. The molecule has 18 heavy (non-hydrogen) atoms. The van der Waals surface area contributed by atoms with Crippen LogP contribution in [0.5, 0.6) is 5.75 Å². The van der Waals surface area contributed by atoms with Crippen LogP contribution in [0, 0.1) is 11.3 Å². The van der Waals surface area contributed by atoms with Crippen molar-refractivity contribution in [2.45, 2.75) is 6.92 Å². The fourth-order valence-corrected chi connectivity index (χ4v) is 1.94. The third-order valence-corrected chi connectivity index (χ3v) is 3.02. The van der Waals surface area contributed by atoms with Crippen molar-refractivity contribution in [2.75, 3.05) is 4.90 Å². The van der Waals surface area contributed by atoms with E-state index in [1.165, 1.54) is 23.1 Å². The summed E-state index contributed by atoms with van der Waals surface area (Å²) in [5.41, 5.74) is 1.12. The number of phenols is 1. The number of halogens is 1. The molecular weight excluding hydrogens is 252 g/mol. The van der Waals surface area contributed by atoms with Crippen LogP contribution in [0.15, 0.2) is 41.6 Å². The van der Waals surface area contributed by atoms with E-state index in [-0.39, 0.29) is 17.0 Å². The molecule has 0 saturated carbocycles. The molecule has 4 nitrogen and oxygen atoms in total. The van der Waals surface area contributed by atoms with Crippen LogP contribution < -0.4 is 4.90 Å². The van der Waals surface area contributed by atoms with Gasteiger partial charge < -0.3 is 5.11 Å². The van der Waals surface area contributed by atoms with Gasteiger partial charge in [-0.25, -0.2) is 0 Å². The largest absolute Gasteiger partial charge is 0.506 e. The summed E-state index contributed by atoms with van der Waals surface area (Å²) in [6.07, 6.45) is 0. The van der Waals surface area contributed by atoms with Crippen LogP contribution in [0.4, 0.5) is 5.69 Å². The molecule has 1 aromatic rings. The van der Waals surface area contributed by atoms with E-state index < -0.39 is 5.91 Å². The van der Waals surface area contributed by atoms with Gasteiger partial charge in [0.05, 0.1) is 5.69 Å². The summed E-state index contributed by atoms with van der Waals surface area (Å²) in [5, 5.41) is 19.1. The average Bonchev–Trinajstić information content (AvgIpc) is 2.54. The Balaban J connectivity index is 2.56. The fraction of sp³-hybridized carbons (Fsp3) is 0.0769. The van der Waals surface area contributed by atoms with Crippen LogP contribution in [-0.2, 0) is 4.79 Å². The predicted molar refractivity (Wildman–Crippen MR) is 68.1 cm³/mol. The van der Waals surface area contributed by atoms with Gasteiger partial charge in [-0.05, 0) is 30.7 Å². The number of benzene rings is 1. The summed E-state index contributed by atoms with van der Waals surface area (Å²) in [6.45, 7) is 5.39. The lowest BCUT2D eigenvalue weighted by molar-refractivity contribution is -0.113. The van der Waals surface area contributed by atoms with Crippen LogP contribution in [-0.4, -0.2) is 11.0 Å². The molecule has 1 amide bonds. The van der Waals surface area contributed by atoms with E-state index in [0.717, 1.165) is 0 Å². The highest BCUT2D eigenvalue weighted by atomic mass is 35.5. The molecule has 0 unspecified atom stereocenters. The zero-order chi connectivity index (χ0) is 13.4. The van der Waals surface area contributed by atoms with E-state index in [1.807, 2.05) is 6.07 Å². The first-order valence-electron chi connectivity index (χ1n) is 5.10. The quantitative estimate of drug-likeness (QED) is 0.844. The van der Waals surface area contributed by atoms with Gasteiger partial charge >= 0.3 is 0 Å². The summed E-state index contributed by atoms with van der Waals surface area (Å²) >= 11 is 5.84. The molecular formula is C13H9ClN2O2. The van der Waals surface area contributed by atoms with Gasteiger partial charge in [-0.15, -0.1) is 0 Å². The first-order valence-corrected chi connectivity index (χ1v) is 5.48. The molecule has 0 aliphatic carbocycles. The van der Waals surface area contributed by atoms with Gasteiger partial charge in [0, 0.05) is 10.7 Å². The lowest BCUT2D eigenvalue weighted by Crippen LogP contribution is -2.24. The molecule has 1 aliphatic rings. The SMILES string of the molecule is C=C1C(C)=C(C#N)C(=O)N1c1cc(Cl)ccc1O. The van der Waals surface area contributed by atoms with E-state index in [0.29, 0.717) is 16.3 Å². The van der Waals surface area contributed by atoms with E-state index >= 15 is 0 Å². The predicted octanol–water partition coefficient (Wildman–Crippen LogP) is 2.75. The van der Waals surface area contributed by atoms with Crippen LogP contribution >= 0.6 is 11.6 Å². The van der Waals surface area contributed by atoms with Crippen molar-refractivity contribution in [1.29, 1.82) is 5.26 Å². The molecule has 0 spiro atoms. The molecule has 1 heterocycles. The molecule has 0 radical (unpaired) electrons. The third-order valence-electron chi connectivity index (χ3n) is 2.78. The monoisotopic (exact) mass is 260 g/mol. The second kappa shape index (κ2) is 4.21. The molecule has 0 saturated heterocycles. The van der Waals surface area contributed by atoms with Gasteiger partial charge in [-0.2, -0.15) is 5.26 Å². The zero-order valence-electron chi connectivity index (χ0n) is 9.57. The molecule has 1 N–H and O–H groups in total. The molecule has 1 aromatic carbocycles. The number of allylic oxidation sites excluding steroid dienone is 1. The van der Waals surface area contributed by atoms with E-state index in [4.69, 9.17) is 16.9 Å². The highest BCUT2D eigenvalue weighted by Crippen LogP contribution is 2.38. The van der Waals surface area contributed by atoms with E-state index in [1.54, 1.807) is 6.92 Å². The number of phenolic OH excluding ortho intramolecular Hbond substituents is 1. The van der Waals surface area contributed by atoms with Gasteiger partial charge in [-0.1, -0.05) is 18.2 Å². The van der Waals surface area contributed by atoms with Crippen molar-refractivity contribution in [3.8, 4) is 11.8 Å². The van der Waals surface area contributed by atoms with Gasteiger partial charge in [0.1, 0.15) is 17.4 Å². The number of hydrogen-bond acceptors (Lipinski definition) is 3.